The largest absolute Gasteiger partial charge is 0.311 e. The predicted octanol–water partition coefficient (Wildman–Crippen LogP) is 19.5. The summed E-state index contributed by atoms with van der Waals surface area (Å²) in [5, 5.41) is 2.52. The molecule has 346 valence electrons. The van der Waals surface area contributed by atoms with Crippen LogP contribution in [0, 0.1) is 0 Å². The Kier molecular flexibility index (Phi) is 12.3. The van der Waals surface area contributed by atoms with Crippen molar-refractivity contribution in [1.82, 2.24) is 4.57 Å². The number of allylic oxidation sites excluding steroid dienone is 3. The highest BCUT2D eigenvalue weighted by molar-refractivity contribution is 6.09. The minimum absolute atomic E-state index is 0.873. The van der Waals surface area contributed by atoms with Crippen LogP contribution in [-0.4, -0.2) is 4.57 Å². The smallest absolute Gasteiger partial charge is 0.0541 e. The Morgan fingerprint density at radius 2 is 0.671 bits per heavy atom. The van der Waals surface area contributed by atoms with E-state index in [0.717, 1.165) is 40.3 Å². The number of fused-ring (bicyclic) bond motifs is 3. The van der Waals surface area contributed by atoms with Gasteiger partial charge in [0.2, 0.25) is 0 Å². The molecule has 0 spiro atoms. The number of aromatic nitrogens is 1. The number of rotatable bonds is 13. The van der Waals surface area contributed by atoms with Crippen LogP contribution in [0.15, 0.2) is 298 Å². The lowest BCUT2D eigenvalue weighted by molar-refractivity contribution is 1.18. The molecule has 0 radical (unpaired) electrons. The SMILES string of the molecule is C=C/C=C\Cc1cccc(-c2cccc(-c3ccc(N(c4ccc(-c5cccc(-c6cccc(-c7ccccc7)c6)c5)cc4)c4ccc(-c5cccc(-n6c7ccccc7c7ccccc76)c5)cc4)cc3)c2)c1. The molecule has 0 atom stereocenters. The first kappa shape index (κ1) is 44.7. The first-order valence-electron chi connectivity index (χ1n) is 25.1. The summed E-state index contributed by atoms with van der Waals surface area (Å²) in [4.78, 5) is 2.36. The van der Waals surface area contributed by atoms with Crippen molar-refractivity contribution in [2.24, 2.45) is 0 Å². The van der Waals surface area contributed by atoms with Gasteiger partial charge in [0.05, 0.1) is 11.0 Å². The Hall–Kier alpha value is -9.50. The quantitative estimate of drug-likeness (QED) is 0.105. The molecule has 0 aliphatic rings. The molecule has 0 bridgehead atoms. The fraction of sp³-hybridized carbons (Fsp3) is 0.0141. The third-order valence-corrected chi connectivity index (χ3v) is 14.0. The summed E-state index contributed by atoms with van der Waals surface area (Å²) in [6.45, 7) is 3.82. The van der Waals surface area contributed by atoms with E-state index in [1.807, 2.05) is 12.2 Å². The van der Waals surface area contributed by atoms with Crippen LogP contribution in [0.1, 0.15) is 5.56 Å². The second kappa shape index (κ2) is 20.1. The van der Waals surface area contributed by atoms with Gasteiger partial charge in [-0.2, -0.15) is 0 Å². The van der Waals surface area contributed by atoms with Crippen molar-refractivity contribution >= 4 is 38.9 Å². The lowest BCUT2D eigenvalue weighted by atomic mass is 9.96. The molecule has 0 amide bonds. The van der Waals surface area contributed by atoms with Crippen molar-refractivity contribution < 1.29 is 0 Å². The summed E-state index contributed by atoms with van der Waals surface area (Å²) in [7, 11) is 0. The number of benzene rings is 11. The van der Waals surface area contributed by atoms with Gasteiger partial charge in [-0.25, -0.2) is 0 Å². The summed E-state index contributed by atoms with van der Waals surface area (Å²) in [5.74, 6) is 0. The molecule has 0 aliphatic carbocycles. The van der Waals surface area contributed by atoms with E-state index in [2.05, 4.69) is 295 Å². The predicted molar refractivity (Wildman–Crippen MR) is 311 cm³/mol. The minimum Gasteiger partial charge on any atom is -0.311 e. The van der Waals surface area contributed by atoms with E-state index >= 15 is 0 Å². The molecular formula is C71H52N2. The maximum atomic E-state index is 3.82. The van der Waals surface area contributed by atoms with Crippen molar-refractivity contribution in [3.05, 3.63) is 303 Å². The average Bonchev–Trinajstić information content (AvgIpc) is 3.81. The second-order valence-corrected chi connectivity index (χ2v) is 18.6. The van der Waals surface area contributed by atoms with Gasteiger partial charge in [0.15, 0.2) is 0 Å². The Labute approximate surface area is 428 Å². The fourth-order valence-electron chi connectivity index (χ4n) is 10.3. The van der Waals surface area contributed by atoms with Crippen molar-refractivity contribution in [3.63, 3.8) is 0 Å². The summed E-state index contributed by atoms with van der Waals surface area (Å²) in [6.07, 6.45) is 6.85. The second-order valence-electron chi connectivity index (χ2n) is 18.6. The lowest BCUT2D eigenvalue weighted by Gasteiger charge is -2.26. The van der Waals surface area contributed by atoms with Crippen LogP contribution in [0.25, 0.3) is 94.3 Å². The van der Waals surface area contributed by atoms with Crippen molar-refractivity contribution in [2.45, 2.75) is 6.42 Å². The highest BCUT2D eigenvalue weighted by Gasteiger charge is 2.16. The zero-order valence-electron chi connectivity index (χ0n) is 40.5. The highest BCUT2D eigenvalue weighted by Crippen LogP contribution is 2.40. The Morgan fingerprint density at radius 3 is 1.14 bits per heavy atom. The number of hydrogen-bond acceptors (Lipinski definition) is 1. The molecule has 0 saturated heterocycles. The summed E-state index contributed by atoms with van der Waals surface area (Å²) < 4.78 is 2.38. The molecule has 73 heavy (non-hydrogen) atoms. The fourth-order valence-corrected chi connectivity index (χ4v) is 10.3. The zero-order chi connectivity index (χ0) is 48.9. The van der Waals surface area contributed by atoms with Crippen LogP contribution in [-0.2, 0) is 6.42 Å². The average molecular weight is 933 g/mol. The summed E-state index contributed by atoms with van der Waals surface area (Å²) in [5.41, 5.74) is 22.3. The topological polar surface area (TPSA) is 8.17 Å². The lowest BCUT2D eigenvalue weighted by Crippen LogP contribution is -2.09. The monoisotopic (exact) mass is 932 g/mol. The van der Waals surface area contributed by atoms with E-state index in [-0.39, 0.29) is 0 Å². The molecule has 0 saturated carbocycles. The van der Waals surface area contributed by atoms with Gasteiger partial charge in [-0.3, -0.25) is 0 Å². The Morgan fingerprint density at radius 1 is 0.315 bits per heavy atom. The molecular weight excluding hydrogens is 881 g/mol. The number of anilines is 3. The van der Waals surface area contributed by atoms with Gasteiger partial charge in [0.25, 0.3) is 0 Å². The van der Waals surface area contributed by atoms with Gasteiger partial charge < -0.3 is 9.47 Å². The van der Waals surface area contributed by atoms with Crippen molar-refractivity contribution in [3.8, 4) is 72.4 Å². The normalized spacial score (nSPS) is 11.3. The first-order chi connectivity index (χ1) is 36.1. The van der Waals surface area contributed by atoms with E-state index < -0.39 is 0 Å². The van der Waals surface area contributed by atoms with E-state index in [0.29, 0.717) is 0 Å². The van der Waals surface area contributed by atoms with E-state index in [1.165, 1.54) is 83.0 Å². The van der Waals surface area contributed by atoms with E-state index in [4.69, 9.17) is 0 Å². The maximum Gasteiger partial charge on any atom is 0.0541 e. The Bertz CT molecular complexity index is 3880. The standard InChI is InChI=1S/C71H52N2/c1-2-3-5-17-51-18-12-21-56(46-51)60-25-14-23-58(48-60)53-34-40-64(41-35-53)72(65-42-36-54(37-43-65)59-24-15-27-62(49-59)61-26-13-22-57(47-61)52-19-6-4-7-20-52)66-44-38-55(39-45-66)63-28-16-29-67(50-63)73-70-32-10-8-30-68(70)69-31-9-11-33-71(69)73/h2-16,18-50H,1,17H2/b5-3-. The Balaban J connectivity index is 0.878. The zero-order valence-corrected chi connectivity index (χ0v) is 40.5. The van der Waals surface area contributed by atoms with Crippen LogP contribution >= 0.6 is 0 Å². The molecule has 11 aromatic carbocycles. The number of nitrogens with zero attached hydrogens (tertiary/aromatic N) is 2. The number of hydrogen-bond donors (Lipinski definition) is 0. The molecule has 0 N–H and O–H groups in total. The molecule has 1 aromatic heterocycles. The van der Waals surface area contributed by atoms with E-state index in [1.54, 1.807) is 0 Å². The van der Waals surface area contributed by atoms with Crippen LogP contribution in [0.4, 0.5) is 17.1 Å². The third-order valence-electron chi connectivity index (χ3n) is 14.0. The van der Waals surface area contributed by atoms with Gasteiger partial charge in [0.1, 0.15) is 0 Å². The van der Waals surface area contributed by atoms with Gasteiger partial charge in [0, 0.05) is 33.5 Å². The molecule has 1 heterocycles. The molecule has 0 fully saturated rings. The van der Waals surface area contributed by atoms with Gasteiger partial charge in [-0.15, -0.1) is 0 Å². The maximum absolute atomic E-state index is 3.82. The van der Waals surface area contributed by atoms with Crippen molar-refractivity contribution in [1.29, 1.82) is 0 Å². The first-order valence-corrected chi connectivity index (χ1v) is 25.1. The van der Waals surface area contributed by atoms with Gasteiger partial charge in [-0.1, -0.05) is 219 Å². The van der Waals surface area contributed by atoms with Gasteiger partial charge >= 0.3 is 0 Å². The van der Waals surface area contributed by atoms with Crippen molar-refractivity contribution in [2.75, 3.05) is 4.90 Å². The third kappa shape index (κ3) is 9.22. The van der Waals surface area contributed by atoms with E-state index in [9.17, 15) is 0 Å². The molecule has 2 heteroatoms. The van der Waals surface area contributed by atoms with Crippen LogP contribution in [0.3, 0.4) is 0 Å². The molecule has 12 aromatic rings. The molecule has 2 nitrogen and oxygen atoms in total. The highest BCUT2D eigenvalue weighted by atomic mass is 15.1. The molecule has 12 rings (SSSR count). The van der Waals surface area contributed by atoms with Crippen LogP contribution in [0.5, 0.6) is 0 Å². The molecule has 0 unspecified atom stereocenters. The van der Waals surface area contributed by atoms with Crippen LogP contribution < -0.4 is 4.90 Å². The van der Waals surface area contributed by atoms with Gasteiger partial charge in [-0.05, 0) is 158 Å². The number of para-hydroxylation sites is 2. The van der Waals surface area contributed by atoms with Crippen LogP contribution in [0.2, 0.25) is 0 Å². The summed E-state index contributed by atoms with van der Waals surface area (Å²) >= 11 is 0. The minimum atomic E-state index is 0.873. The molecule has 0 aliphatic heterocycles. The summed E-state index contributed by atoms with van der Waals surface area (Å²) in [6, 6.07) is 99.3.